The molecule has 59 heavy (non-hydrogen) atoms. The molecule has 13 nitrogen and oxygen atoms in total. The zero-order chi connectivity index (χ0) is 44.7. The molecule has 0 N–H and O–H groups in total. The number of halogens is 1. The largest absolute Gasteiger partial charge is 0.415 e. The first-order chi connectivity index (χ1) is 27.7. The number of unbranched alkanes of at least 4 members (excludes halogenated alkanes) is 3. The van der Waals surface area contributed by atoms with E-state index in [1.54, 1.807) is 19.9 Å². The molecule has 0 aromatic heterocycles. The second-order valence-corrected chi connectivity index (χ2v) is 33.9. The monoisotopic (exact) mass is 980 g/mol. The summed E-state index contributed by atoms with van der Waals surface area (Å²) in [6.07, 6.45) is 0.977. The van der Waals surface area contributed by atoms with Crippen LogP contribution in [-0.4, -0.2) is 138 Å². The third kappa shape index (κ3) is 25.0. The minimum atomic E-state index is -3.61. The molecular weight excluding hydrogens is 896 g/mol. The van der Waals surface area contributed by atoms with E-state index in [1.165, 1.54) is 5.82 Å². The number of alkyl halides is 1. The van der Waals surface area contributed by atoms with E-state index in [2.05, 4.69) is 95.6 Å². The third-order valence-corrected chi connectivity index (χ3v) is 13.9. The van der Waals surface area contributed by atoms with Gasteiger partial charge in [0.25, 0.3) is 0 Å². The first kappa shape index (κ1) is 57.6. The molecule has 1 rings (SSSR count). The van der Waals surface area contributed by atoms with Crippen molar-refractivity contribution in [2.45, 2.75) is 194 Å². The first-order valence-corrected chi connectivity index (χ1v) is 35.1. The van der Waals surface area contributed by atoms with Crippen molar-refractivity contribution in [1.29, 1.82) is 0 Å². The number of hydrogen-bond acceptors (Lipinski definition) is 13. The van der Waals surface area contributed by atoms with Crippen molar-refractivity contribution in [3.63, 3.8) is 0 Å². The minimum absolute atomic E-state index is 0.211. The van der Waals surface area contributed by atoms with Crippen LogP contribution < -0.4 is 0 Å². The summed E-state index contributed by atoms with van der Waals surface area (Å²) >= 11 is 3.55. The first-order valence-electron chi connectivity index (χ1n) is 22.2. The third-order valence-electron chi connectivity index (χ3n) is 8.64. The van der Waals surface area contributed by atoms with Gasteiger partial charge in [0, 0.05) is 31.0 Å². The Hall–Kier alpha value is 0.621. The highest BCUT2D eigenvalue weighted by atomic mass is 79.9. The van der Waals surface area contributed by atoms with Crippen molar-refractivity contribution in [2.24, 2.45) is 0 Å². The van der Waals surface area contributed by atoms with Crippen LogP contribution in [0.2, 0.25) is 58.9 Å². The SMILES string of the molecule is CCCCOCC1O[C@H](OCCBr)[C@H](O[C@@H](OC(/C=C/P(=O)(OCC)OCC)[C@H](C)O[Si](C)(C)C)[C@@H](CO[Si](C)(C)C)O[Si](C)(C)C)C(OCCCC)[C@@H]1OCCCC. The van der Waals surface area contributed by atoms with E-state index in [9.17, 15) is 4.57 Å². The summed E-state index contributed by atoms with van der Waals surface area (Å²) in [7, 11) is -10.1. The highest BCUT2D eigenvalue weighted by Crippen LogP contribution is 2.50. The van der Waals surface area contributed by atoms with Crippen molar-refractivity contribution in [3.8, 4) is 0 Å². The molecule has 352 valence electrons. The molecule has 9 atom stereocenters. The van der Waals surface area contributed by atoms with Crippen molar-refractivity contribution in [2.75, 3.05) is 58.2 Å². The van der Waals surface area contributed by atoms with Crippen molar-refractivity contribution >= 4 is 48.5 Å². The van der Waals surface area contributed by atoms with Gasteiger partial charge in [-0.1, -0.05) is 56.0 Å². The summed E-state index contributed by atoms with van der Waals surface area (Å²) in [5, 5.41) is 0.582. The molecule has 0 aromatic carbocycles. The Bertz CT molecular complexity index is 1150. The molecule has 0 aliphatic carbocycles. The standard InChI is InChI=1S/C41H86BrO13PSi3/c1-16-21-26-44-31-35-37(45-27-22-17-2)38(46-28-23-18-3)39(41(52-35)47-29-25-42)53-40(36(55-59(13,14)15)32-50-57(7,8)9)51-34(33(6)54-58(10,11)12)24-30-56(43,48-19-4)49-20-5/h24,30,33-41H,16-23,25-29,31-32H2,1-15H3/b30-24+/t33-,34?,35?,36+,37+,38?,39+,40+,41-/m0/s1. The molecular formula is C41H86BrO13PSi3. The molecule has 0 aromatic rings. The van der Waals surface area contributed by atoms with Gasteiger partial charge in [-0.3, -0.25) is 4.57 Å². The lowest BCUT2D eigenvalue weighted by Crippen LogP contribution is -2.64. The fourth-order valence-corrected chi connectivity index (χ4v) is 10.6. The van der Waals surface area contributed by atoms with Crippen LogP contribution >= 0.6 is 23.5 Å². The Kier molecular flexibility index (Phi) is 29.3. The van der Waals surface area contributed by atoms with Crippen molar-refractivity contribution in [3.05, 3.63) is 11.9 Å². The summed E-state index contributed by atoms with van der Waals surface area (Å²) < 4.78 is 92.6. The van der Waals surface area contributed by atoms with Crippen LogP contribution in [0.1, 0.15) is 80.1 Å². The van der Waals surface area contributed by atoms with Crippen LogP contribution in [0, 0.1) is 0 Å². The zero-order valence-corrected chi connectivity index (χ0v) is 45.1. The van der Waals surface area contributed by atoms with Crippen LogP contribution in [0.15, 0.2) is 11.9 Å². The van der Waals surface area contributed by atoms with Crippen molar-refractivity contribution in [1.82, 2.24) is 0 Å². The maximum Gasteiger partial charge on any atom is 0.353 e. The average molecular weight is 982 g/mol. The predicted octanol–water partition coefficient (Wildman–Crippen LogP) is 10.5. The van der Waals surface area contributed by atoms with E-state index in [0.29, 0.717) is 38.4 Å². The molecule has 1 heterocycles. The van der Waals surface area contributed by atoms with Gasteiger partial charge in [-0.05, 0) is 105 Å². The molecule has 1 fully saturated rings. The summed E-state index contributed by atoms with van der Waals surface area (Å²) in [6, 6.07) is 0. The summed E-state index contributed by atoms with van der Waals surface area (Å²) in [4.78, 5) is 0. The van der Waals surface area contributed by atoms with Gasteiger partial charge in [-0.2, -0.15) is 0 Å². The molecule has 0 radical (unpaired) electrons. The minimum Gasteiger partial charge on any atom is -0.415 e. The lowest BCUT2D eigenvalue weighted by atomic mass is 9.98. The summed E-state index contributed by atoms with van der Waals surface area (Å²) in [6.45, 7) is 34.0. The molecule has 1 aliphatic heterocycles. The van der Waals surface area contributed by atoms with Crippen molar-refractivity contribution < 1.29 is 60.0 Å². The average Bonchev–Trinajstić information content (AvgIpc) is 3.12. The van der Waals surface area contributed by atoms with E-state index in [4.69, 9.17) is 55.5 Å². The maximum atomic E-state index is 13.8. The number of rotatable bonds is 35. The van der Waals surface area contributed by atoms with Gasteiger partial charge in [-0.25, -0.2) is 0 Å². The van der Waals surface area contributed by atoms with Gasteiger partial charge in [0.05, 0.1) is 39.1 Å². The van der Waals surface area contributed by atoms with Gasteiger partial charge in [-0.15, -0.1) is 0 Å². The molecule has 0 saturated carbocycles. The van der Waals surface area contributed by atoms with Gasteiger partial charge in [0.15, 0.2) is 37.5 Å². The van der Waals surface area contributed by atoms with Crippen LogP contribution in [0.5, 0.6) is 0 Å². The Morgan fingerprint density at radius 3 is 1.78 bits per heavy atom. The lowest BCUT2D eigenvalue weighted by molar-refractivity contribution is -0.354. The molecule has 1 saturated heterocycles. The quantitative estimate of drug-likeness (QED) is 0.0197. The number of ether oxygens (including phenoxy) is 7. The Morgan fingerprint density at radius 2 is 1.27 bits per heavy atom. The maximum absolute atomic E-state index is 13.8. The summed E-state index contributed by atoms with van der Waals surface area (Å²) in [5.74, 6) is 1.47. The van der Waals surface area contributed by atoms with Crippen LogP contribution in [0.25, 0.3) is 0 Å². The molecule has 18 heteroatoms. The highest BCUT2D eigenvalue weighted by molar-refractivity contribution is 9.09. The van der Waals surface area contributed by atoms with Crippen LogP contribution in [0.3, 0.4) is 0 Å². The lowest BCUT2D eigenvalue weighted by Gasteiger charge is -2.47. The predicted molar refractivity (Wildman–Crippen MR) is 248 cm³/mol. The smallest absolute Gasteiger partial charge is 0.353 e. The second-order valence-electron chi connectivity index (χ2n) is 17.8. The molecule has 0 amide bonds. The normalized spacial score (nSPS) is 23.2. The Morgan fingerprint density at radius 1 is 0.712 bits per heavy atom. The van der Waals surface area contributed by atoms with E-state index in [1.807, 2.05) is 6.92 Å². The zero-order valence-electron chi connectivity index (χ0n) is 39.6. The number of hydrogen-bond donors (Lipinski definition) is 0. The van der Waals surface area contributed by atoms with Gasteiger partial charge in [0.2, 0.25) is 0 Å². The van der Waals surface area contributed by atoms with Gasteiger partial charge >= 0.3 is 7.60 Å². The van der Waals surface area contributed by atoms with E-state index < -0.39 is 87.9 Å². The highest BCUT2D eigenvalue weighted by Gasteiger charge is 2.51. The van der Waals surface area contributed by atoms with E-state index in [0.717, 1.165) is 38.5 Å². The van der Waals surface area contributed by atoms with E-state index >= 15 is 0 Å². The molecule has 1 aliphatic rings. The fourth-order valence-electron chi connectivity index (χ4n) is 6.10. The molecule has 0 spiro atoms. The van der Waals surface area contributed by atoms with Gasteiger partial charge < -0.3 is 55.5 Å². The Balaban J connectivity index is 4.09. The molecule has 3 unspecified atom stereocenters. The topological polar surface area (TPSA) is 128 Å². The van der Waals surface area contributed by atoms with Crippen LogP contribution in [0.4, 0.5) is 0 Å². The van der Waals surface area contributed by atoms with E-state index in [-0.39, 0.29) is 19.8 Å². The van der Waals surface area contributed by atoms with Crippen LogP contribution in [-0.2, 0) is 60.0 Å². The van der Waals surface area contributed by atoms with Gasteiger partial charge in [0.1, 0.15) is 36.6 Å². The second kappa shape index (κ2) is 29.9. The fraction of sp³-hybridized carbons (Fsp3) is 0.951. The molecule has 0 bridgehead atoms. The summed E-state index contributed by atoms with van der Waals surface area (Å²) in [5.41, 5.74) is 0. The Labute approximate surface area is 371 Å².